The molecule has 0 radical (unpaired) electrons. The first kappa shape index (κ1) is 14.9. The summed E-state index contributed by atoms with van der Waals surface area (Å²) in [6.07, 6.45) is 2.94. The van der Waals surface area contributed by atoms with Gasteiger partial charge in [-0.05, 0) is 32.8 Å². The number of benzene rings is 1. The van der Waals surface area contributed by atoms with Crippen LogP contribution in [0.5, 0.6) is 5.75 Å². The van der Waals surface area contributed by atoms with Gasteiger partial charge in [0.05, 0.1) is 13.0 Å². The van der Waals surface area contributed by atoms with Gasteiger partial charge >= 0.3 is 0 Å². The molecule has 1 aromatic carbocycles. The average molecular weight is 276 g/mol. The molecule has 1 aliphatic carbocycles. The smallest absolute Gasteiger partial charge is 0.223 e. The summed E-state index contributed by atoms with van der Waals surface area (Å²) in [4.78, 5) is 11.5. The van der Waals surface area contributed by atoms with Crippen LogP contribution in [0.3, 0.4) is 0 Å². The number of hydrogen-bond acceptors (Lipinski definition) is 3. The summed E-state index contributed by atoms with van der Waals surface area (Å²) in [5, 5.41) is 6.34. The second-order valence-corrected chi connectivity index (χ2v) is 5.58. The van der Waals surface area contributed by atoms with E-state index in [1.54, 1.807) is 0 Å². The van der Waals surface area contributed by atoms with Crippen LogP contribution in [0.2, 0.25) is 0 Å². The van der Waals surface area contributed by atoms with Crippen molar-refractivity contribution in [1.82, 2.24) is 10.6 Å². The maximum absolute atomic E-state index is 11.5. The zero-order chi connectivity index (χ0) is 14.4. The fourth-order valence-corrected chi connectivity index (χ4v) is 1.98. The Labute approximate surface area is 120 Å². The summed E-state index contributed by atoms with van der Waals surface area (Å²) in [6.45, 7) is 5.16. The van der Waals surface area contributed by atoms with Crippen molar-refractivity contribution >= 4 is 5.91 Å². The molecule has 110 valence electrons. The number of hydrogen-bond donors (Lipinski definition) is 2. The van der Waals surface area contributed by atoms with E-state index >= 15 is 0 Å². The van der Waals surface area contributed by atoms with E-state index in [0.29, 0.717) is 19.1 Å². The number of para-hydroxylation sites is 1. The third kappa shape index (κ3) is 5.21. The molecule has 0 unspecified atom stereocenters. The van der Waals surface area contributed by atoms with Gasteiger partial charge in [-0.25, -0.2) is 0 Å². The summed E-state index contributed by atoms with van der Waals surface area (Å²) >= 11 is 0. The van der Waals surface area contributed by atoms with Gasteiger partial charge in [0, 0.05) is 24.2 Å². The molecule has 1 fully saturated rings. The fraction of sp³-hybridized carbons (Fsp3) is 0.562. The van der Waals surface area contributed by atoms with E-state index in [2.05, 4.69) is 16.7 Å². The van der Waals surface area contributed by atoms with Crippen LogP contribution in [0.25, 0.3) is 0 Å². The van der Waals surface area contributed by atoms with Crippen molar-refractivity contribution in [2.45, 2.75) is 51.7 Å². The highest BCUT2D eigenvalue weighted by Crippen LogP contribution is 2.22. The van der Waals surface area contributed by atoms with Crippen molar-refractivity contribution in [3.63, 3.8) is 0 Å². The molecule has 4 nitrogen and oxygen atoms in total. The van der Waals surface area contributed by atoms with E-state index in [1.807, 2.05) is 32.0 Å². The van der Waals surface area contributed by atoms with E-state index < -0.39 is 0 Å². The Hall–Kier alpha value is -1.55. The third-order valence-electron chi connectivity index (χ3n) is 3.17. The van der Waals surface area contributed by atoms with Gasteiger partial charge in [-0.1, -0.05) is 18.2 Å². The third-order valence-corrected chi connectivity index (χ3v) is 3.17. The Morgan fingerprint density at radius 1 is 1.35 bits per heavy atom. The maximum Gasteiger partial charge on any atom is 0.223 e. The molecule has 1 saturated carbocycles. The molecule has 0 atom stereocenters. The molecule has 0 aliphatic heterocycles. The van der Waals surface area contributed by atoms with Crippen molar-refractivity contribution < 1.29 is 9.53 Å². The minimum Gasteiger partial charge on any atom is -0.493 e. The number of rotatable bonds is 8. The molecule has 2 N–H and O–H groups in total. The van der Waals surface area contributed by atoms with Gasteiger partial charge in [-0.3, -0.25) is 4.79 Å². The molecule has 0 spiro atoms. The monoisotopic (exact) mass is 276 g/mol. The van der Waals surface area contributed by atoms with E-state index in [9.17, 15) is 4.79 Å². The zero-order valence-electron chi connectivity index (χ0n) is 12.3. The van der Waals surface area contributed by atoms with Crippen LogP contribution in [0, 0.1) is 0 Å². The molecule has 0 saturated heterocycles. The van der Waals surface area contributed by atoms with E-state index in [0.717, 1.165) is 17.9 Å². The number of carbonyl (C=O) groups excluding carboxylic acids is 1. The first-order valence-corrected chi connectivity index (χ1v) is 7.38. The summed E-state index contributed by atoms with van der Waals surface area (Å²) < 4.78 is 5.74. The average Bonchev–Trinajstić information content (AvgIpc) is 3.21. The lowest BCUT2D eigenvalue weighted by Gasteiger charge is -2.12. The van der Waals surface area contributed by atoms with E-state index in [1.165, 1.54) is 12.8 Å². The highest BCUT2D eigenvalue weighted by Gasteiger charge is 2.20. The molecule has 0 heterocycles. The Balaban J connectivity index is 1.77. The molecular formula is C16H24N2O2. The Kier molecular flexibility index (Phi) is 5.41. The molecule has 2 rings (SSSR count). The minimum absolute atomic E-state index is 0.0357. The molecule has 0 bridgehead atoms. The molecule has 1 aliphatic rings. The highest BCUT2D eigenvalue weighted by molar-refractivity contribution is 5.76. The summed E-state index contributed by atoms with van der Waals surface area (Å²) in [5.41, 5.74) is 1.16. The quantitative estimate of drug-likeness (QED) is 0.765. The topological polar surface area (TPSA) is 50.4 Å². The van der Waals surface area contributed by atoms with E-state index in [4.69, 9.17) is 4.74 Å². The van der Waals surface area contributed by atoms with Crippen LogP contribution in [0.4, 0.5) is 0 Å². The minimum atomic E-state index is 0.0357. The molecule has 4 heteroatoms. The number of ether oxygens (including phenoxy) is 1. The van der Waals surface area contributed by atoms with Crippen LogP contribution >= 0.6 is 0 Å². The van der Waals surface area contributed by atoms with Crippen LogP contribution in [-0.2, 0) is 11.3 Å². The van der Waals surface area contributed by atoms with Crippen molar-refractivity contribution in [2.75, 3.05) is 6.61 Å². The SMILES string of the molecule is CC(C)NC(=O)CCOc1ccccc1CNC1CC1. The van der Waals surface area contributed by atoms with Crippen LogP contribution < -0.4 is 15.4 Å². The normalized spacial score (nSPS) is 14.3. The second-order valence-electron chi connectivity index (χ2n) is 5.58. The lowest BCUT2D eigenvalue weighted by atomic mass is 10.2. The summed E-state index contributed by atoms with van der Waals surface area (Å²) in [5.74, 6) is 0.909. The standard InChI is InChI=1S/C16H24N2O2/c1-12(2)18-16(19)9-10-20-15-6-4-3-5-13(15)11-17-14-7-8-14/h3-6,12,14,17H,7-11H2,1-2H3,(H,18,19). The van der Waals surface area contributed by atoms with Gasteiger partial charge in [0.25, 0.3) is 0 Å². The highest BCUT2D eigenvalue weighted by atomic mass is 16.5. The van der Waals surface area contributed by atoms with Crippen molar-refractivity contribution in [2.24, 2.45) is 0 Å². The van der Waals surface area contributed by atoms with Gasteiger partial charge in [0.15, 0.2) is 0 Å². The lowest BCUT2D eigenvalue weighted by molar-refractivity contribution is -0.122. The largest absolute Gasteiger partial charge is 0.493 e. The predicted octanol–water partition coefficient (Wildman–Crippen LogP) is 2.23. The van der Waals surface area contributed by atoms with Crippen LogP contribution in [-0.4, -0.2) is 24.6 Å². The first-order valence-electron chi connectivity index (χ1n) is 7.38. The van der Waals surface area contributed by atoms with Gasteiger partial charge < -0.3 is 15.4 Å². The molecule has 1 aromatic rings. The predicted molar refractivity (Wildman–Crippen MR) is 79.7 cm³/mol. The fourth-order valence-electron chi connectivity index (χ4n) is 1.98. The number of carbonyl (C=O) groups is 1. The van der Waals surface area contributed by atoms with Crippen molar-refractivity contribution in [3.05, 3.63) is 29.8 Å². The zero-order valence-corrected chi connectivity index (χ0v) is 12.3. The number of nitrogens with one attached hydrogen (secondary N) is 2. The summed E-state index contributed by atoms with van der Waals surface area (Å²) in [6, 6.07) is 8.87. The van der Waals surface area contributed by atoms with Crippen molar-refractivity contribution in [1.29, 1.82) is 0 Å². The van der Waals surface area contributed by atoms with Crippen LogP contribution in [0.15, 0.2) is 24.3 Å². The Morgan fingerprint density at radius 2 is 2.10 bits per heavy atom. The van der Waals surface area contributed by atoms with Gasteiger partial charge in [0.2, 0.25) is 5.91 Å². The van der Waals surface area contributed by atoms with Gasteiger partial charge in [-0.2, -0.15) is 0 Å². The molecular weight excluding hydrogens is 252 g/mol. The van der Waals surface area contributed by atoms with Gasteiger partial charge in [0.1, 0.15) is 5.75 Å². The first-order chi connectivity index (χ1) is 9.65. The van der Waals surface area contributed by atoms with Gasteiger partial charge in [-0.15, -0.1) is 0 Å². The Bertz CT molecular complexity index is 442. The lowest BCUT2D eigenvalue weighted by Crippen LogP contribution is -2.31. The van der Waals surface area contributed by atoms with E-state index in [-0.39, 0.29) is 11.9 Å². The summed E-state index contributed by atoms with van der Waals surface area (Å²) in [7, 11) is 0. The molecule has 0 aromatic heterocycles. The molecule has 20 heavy (non-hydrogen) atoms. The maximum atomic E-state index is 11.5. The van der Waals surface area contributed by atoms with Crippen molar-refractivity contribution in [3.8, 4) is 5.75 Å². The number of amides is 1. The molecule has 1 amide bonds. The second kappa shape index (κ2) is 7.29. The van der Waals surface area contributed by atoms with Crippen LogP contribution in [0.1, 0.15) is 38.7 Å². The Morgan fingerprint density at radius 3 is 2.80 bits per heavy atom.